The fourth-order valence-electron chi connectivity index (χ4n) is 3.56. The minimum absolute atomic E-state index is 0.0780. The monoisotopic (exact) mass is 337 g/mol. The fraction of sp³-hybridized carbons (Fsp3) is 0.421. The molecule has 2 saturated heterocycles. The molecule has 2 aliphatic rings. The zero-order valence-electron chi connectivity index (χ0n) is 14.3. The standard InChI is InChI=1S/C19H23N5O/c25-19(16-13-17(15-20-14-16)22-7-3-4-8-22)24-11-9-23(10-12-24)18-5-1-2-6-21-18/h1-2,5-6,13-15H,3-4,7-12H2. The van der Waals surface area contributed by atoms with Crippen LogP contribution in [0.5, 0.6) is 0 Å². The highest BCUT2D eigenvalue weighted by Gasteiger charge is 2.23. The highest BCUT2D eigenvalue weighted by molar-refractivity contribution is 5.95. The normalized spacial score (nSPS) is 17.8. The van der Waals surface area contributed by atoms with Crippen molar-refractivity contribution in [2.45, 2.75) is 12.8 Å². The van der Waals surface area contributed by atoms with E-state index in [4.69, 9.17) is 0 Å². The third kappa shape index (κ3) is 3.43. The van der Waals surface area contributed by atoms with E-state index in [0.717, 1.165) is 37.7 Å². The van der Waals surface area contributed by atoms with Crippen LogP contribution in [0, 0.1) is 0 Å². The Kier molecular flexibility index (Phi) is 4.50. The largest absolute Gasteiger partial charge is 0.370 e. The molecule has 0 saturated carbocycles. The Morgan fingerprint density at radius 1 is 0.920 bits per heavy atom. The summed E-state index contributed by atoms with van der Waals surface area (Å²) in [6.45, 7) is 5.15. The van der Waals surface area contributed by atoms with Gasteiger partial charge < -0.3 is 14.7 Å². The number of hydrogen-bond donors (Lipinski definition) is 0. The van der Waals surface area contributed by atoms with Crippen molar-refractivity contribution in [1.82, 2.24) is 14.9 Å². The quantitative estimate of drug-likeness (QED) is 0.858. The average molecular weight is 337 g/mol. The lowest BCUT2D eigenvalue weighted by Gasteiger charge is -2.35. The van der Waals surface area contributed by atoms with Crippen molar-refractivity contribution in [1.29, 1.82) is 0 Å². The molecule has 0 aromatic carbocycles. The molecule has 0 N–H and O–H groups in total. The predicted octanol–water partition coefficient (Wildman–Crippen LogP) is 2.04. The van der Waals surface area contributed by atoms with E-state index < -0.39 is 0 Å². The molecule has 0 spiro atoms. The topological polar surface area (TPSA) is 52.6 Å². The van der Waals surface area contributed by atoms with Crippen LogP contribution in [0.25, 0.3) is 0 Å². The Bertz CT molecular complexity index is 722. The minimum Gasteiger partial charge on any atom is -0.370 e. The number of pyridine rings is 2. The third-order valence-electron chi connectivity index (χ3n) is 4.98. The lowest BCUT2D eigenvalue weighted by atomic mass is 10.2. The van der Waals surface area contributed by atoms with E-state index in [1.807, 2.05) is 41.6 Å². The van der Waals surface area contributed by atoms with E-state index >= 15 is 0 Å². The molecule has 2 fully saturated rings. The van der Waals surface area contributed by atoms with Gasteiger partial charge in [0.15, 0.2) is 0 Å². The molecule has 1 amide bonds. The molecule has 2 aromatic heterocycles. The molecular formula is C19H23N5O. The van der Waals surface area contributed by atoms with Gasteiger partial charge in [-0.1, -0.05) is 6.07 Å². The van der Waals surface area contributed by atoms with Gasteiger partial charge in [0.1, 0.15) is 5.82 Å². The van der Waals surface area contributed by atoms with E-state index in [1.54, 1.807) is 6.20 Å². The van der Waals surface area contributed by atoms with Crippen molar-refractivity contribution >= 4 is 17.4 Å². The highest BCUT2D eigenvalue weighted by atomic mass is 16.2. The number of carbonyl (C=O) groups excluding carboxylic acids is 1. The number of rotatable bonds is 3. The number of anilines is 2. The average Bonchev–Trinajstić information content (AvgIpc) is 3.23. The summed E-state index contributed by atoms with van der Waals surface area (Å²) in [5.41, 5.74) is 1.76. The predicted molar refractivity (Wildman–Crippen MR) is 98.0 cm³/mol. The van der Waals surface area contributed by atoms with E-state index in [-0.39, 0.29) is 5.91 Å². The summed E-state index contributed by atoms with van der Waals surface area (Å²) in [4.78, 5) is 28.0. The first-order valence-corrected chi connectivity index (χ1v) is 8.96. The second-order valence-electron chi connectivity index (χ2n) is 6.59. The van der Waals surface area contributed by atoms with Crippen molar-refractivity contribution in [3.63, 3.8) is 0 Å². The van der Waals surface area contributed by atoms with Crippen LogP contribution in [0.15, 0.2) is 42.9 Å². The lowest BCUT2D eigenvalue weighted by molar-refractivity contribution is 0.0746. The van der Waals surface area contributed by atoms with Gasteiger partial charge in [-0.25, -0.2) is 4.98 Å². The van der Waals surface area contributed by atoms with Gasteiger partial charge in [0, 0.05) is 51.7 Å². The van der Waals surface area contributed by atoms with Gasteiger partial charge >= 0.3 is 0 Å². The highest BCUT2D eigenvalue weighted by Crippen LogP contribution is 2.21. The SMILES string of the molecule is O=C(c1cncc(N2CCCC2)c1)N1CCN(c2ccccn2)CC1. The summed E-state index contributed by atoms with van der Waals surface area (Å²) < 4.78 is 0. The Morgan fingerprint density at radius 2 is 1.72 bits per heavy atom. The van der Waals surface area contributed by atoms with Crippen LogP contribution in [-0.2, 0) is 0 Å². The first-order valence-electron chi connectivity index (χ1n) is 8.96. The number of piperazine rings is 1. The molecular weight excluding hydrogens is 314 g/mol. The summed E-state index contributed by atoms with van der Waals surface area (Å²) in [7, 11) is 0. The smallest absolute Gasteiger partial charge is 0.255 e. The molecule has 4 rings (SSSR count). The molecule has 6 heteroatoms. The molecule has 0 atom stereocenters. The summed E-state index contributed by atoms with van der Waals surface area (Å²) in [6, 6.07) is 7.92. The Morgan fingerprint density at radius 3 is 2.44 bits per heavy atom. The first kappa shape index (κ1) is 15.9. The number of nitrogens with zero attached hydrogens (tertiary/aromatic N) is 5. The summed E-state index contributed by atoms with van der Waals surface area (Å²) in [5.74, 6) is 1.06. The molecule has 0 radical (unpaired) electrons. The zero-order valence-corrected chi connectivity index (χ0v) is 14.3. The van der Waals surface area contributed by atoms with Crippen LogP contribution in [-0.4, -0.2) is 60.0 Å². The Balaban J connectivity index is 1.41. The van der Waals surface area contributed by atoms with Crippen molar-refractivity contribution in [3.05, 3.63) is 48.4 Å². The molecule has 0 bridgehead atoms. The van der Waals surface area contributed by atoms with E-state index in [2.05, 4.69) is 19.8 Å². The van der Waals surface area contributed by atoms with E-state index in [9.17, 15) is 4.79 Å². The maximum atomic E-state index is 12.8. The molecule has 0 unspecified atom stereocenters. The molecule has 2 aromatic rings. The number of amides is 1. The molecule has 0 aliphatic carbocycles. The summed E-state index contributed by atoms with van der Waals surface area (Å²) in [5, 5.41) is 0. The van der Waals surface area contributed by atoms with Gasteiger partial charge in [-0.05, 0) is 31.0 Å². The number of carbonyl (C=O) groups is 1. The van der Waals surface area contributed by atoms with Gasteiger partial charge in [0.05, 0.1) is 17.4 Å². The van der Waals surface area contributed by atoms with Crippen LogP contribution in [0.2, 0.25) is 0 Å². The zero-order chi connectivity index (χ0) is 17.1. The van der Waals surface area contributed by atoms with Crippen LogP contribution in [0.3, 0.4) is 0 Å². The second kappa shape index (κ2) is 7.09. The number of hydrogen-bond acceptors (Lipinski definition) is 5. The summed E-state index contributed by atoms with van der Waals surface area (Å²) in [6.07, 6.45) is 7.79. The molecule has 25 heavy (non-hydrogen) atoms. The first-order chi connectivity index (χ1) is 12.3. The van der Waals surface area contributed by atoms with Gasteiger partial charge in [-0.3, -0.25) is 9.78 Å². The van der Waals surface area contributed by atoms with Gasteiger partial charge in [0.2, 0.25) is 0 Å². The maximum absolute atomic E-state index is 12.8. The minimum atomic E-state index is 0.0780. The van der Waals surface area contributed by atoms with E-state index in [0.29, 0.717) is 18.7 Å². The molecule has 2 aliphatic heterocycles. The lowest BCUT2D eigenvalue weighted by Crippen LogP contribution is -2.49. The van der Waals surface area contributed by atoms with Crippen LogP contribution in [0.1, 0.15) is 23.2 Å². The summed E-state index contributed by atoms with van der Waals surface area (Å²) >= 11 is 0. The Labute approximate surface area is 148 Å². The Hall–Kier alpha value is -2.63. The molecule has 6 nitrogen and oxygen atoms in total. The second-order valence-corrected chi connectivity index (χ2v) is 6.59. The van der Waals surface area contributed by atoms with E-state index in [1.165, 1.54) is 12.8 Å². The van der Waals surface area contributed by atoms with Gasteiger partial charge in [0.25, 0.3) is 5.91 Å². The molecule has 130 valence electrons. The van der Waals surface area contributed by atoms with Crippen LogP contribution in [0.4, 0.5) is 11.5 Å². The fourth-order valence-corrected chi connectivity index (χ4v) is 3.56. The van der Waals surface area contributed by atoms with Gasteiger partial charge in [-0.2, -0.15) is 0 Å². The van der Waals surface area contributed by atoms with Crippen molar-refractivity contribution < 1.29 is 4.79 Å². The van der Waals surface area contributed by atoms with Crippen molar-refractivity contribution in [3.8, 4) is 0 Å². The molecule has 4 heterocycles. The van der Waals surface area contributed by atoms with Crippen molar-refractivity contribution in [2.24, 2.45) is 0 Å². The number of aromatic nitrogens is 2. The maximum Gasteiger partial charge on any atom is 0.255 e. The van der Waals surface area contributed by atoms with Crippen LogP contribution < -0.4 is 9.80 Å². The van der Waals surface area contributed by atoms with Gasteiger partial charge in [-0.15, -0.1) is 0 Å². The van der Waals surface area contributed by atoms with Crippen molar-refractivity contribution in [2.75, 3.05) is 49.1 Å². The van der Waals surface area contributed by atoms with Crippen LogP contribution >= 0.6 is 0 Å². The third-order valence-corrected chi connectivity index (χ3v) is 4.98.